The maximum Gasteiger partial charge on any atom is 0.249 e. The summed E-state index contributed by atoms with van der Waals surface area (Å²) < 4.78 is 11.7. The highest BCUT2D eigenvalue weighted by atomic mass is 16.5. The molecule has 2 aliphatic rings. The van der Waals surface area contributed by atoms with Gasteiger partial charge in [-0.15, -0.1) is 0 Å². The van der Waals surface area contributed by atoms with Crippen LogP contribution in [0.1, 0.15) is 31.2 Å². The quantitative estimate of drug-likeness (QED) is 0.801. The Morgan fingerprint density at radius 1 is 1.08 bits per heavy atom. The third-order valence-electron chi connectivity index (χ3n) is 5.24. The molecule has 0 radical (unpaired) electrons. The van der Waals surface area contributed by atoms with Crippen LogP contribution in [0.25, 0.3) is 0 Å². The molecule has 2 aromatic rings. The second kappa shape index (κ2) is 7.87. The second-order valence-corrected chi connectivity index (χ2v) is 7.06. The minimum absolute atomic E-state index is 0.0968. The molecule has 1 aromatic heterocycles. The summed E-state index contributed by atoms with van der Waals surface area (Å²) in [5.41, 5.74) is 0.984. The summed E-state index contributed by atoms with van der Waals surface area (Å²) in [6.07, 6.45) is 7.62. The van der Waals surface area contributed by atoms with Gasteiger partial charge < -0.3 is 14.4 Å². The maximum absolute atomic E-state index is 12.7. The van der Waals surface area contributed by atoms with Crippen molar-refractivity contribution in [1.29, 1.82) is 0 Å². The highest BCUT2D eigenvalue weighted by Gasteiger charge is 2.43. The highest BCUT2D eigenvalue weighted by Crippen LogP contribution is 2.37. The Morgan fingerprint density at radius 3 is 2.54 bits per heavy atom. The fraction of sp³-hybridized carbons (Fsp3) is 0.429. The number of rotatable bonds is 6. The Bertz CT molecular complexity index is 709. The van der Waals surface area contributed by atoms with Crippen molar-refractivity contribution in [3.8, 4) is 5.75 Å². The number of para-hydroxylation sites is 1. The van der Waals surface area contributed by atoms with Crippen molar-refractivity contribution in [3.05, 3.63) is 60.4 Å². The van der Waals surface area contributed by atoms with Crippen molar-refractivity contribution in [2.45, 2.75) is 50.5 Å². The number of benzene rings is 1. The van der Waals surface area contributed by atoms with E-state index in [1.807, 2.05) is 47.4 Å². The molecule has 0 spiro atoms. The zero-order valence-electron chi connectivity index (χ0n) is 14.8. The van der Waals surface area contributed by atoms with E-state index in [9.17, 15) is 4.79 Å². The average molecular weight is 352 g/mol. The molecule has 3 heterocycles. The van der Waals surface area contributed by atoms with E-state index in [1.165, 1.54) is 0 Å². The molecule has 2 unspecified atom stereocenters. The largest absolute Gasteiger partial charge is 0.490 e. The first-order valence-electron chi connectivity index (χ1n) is 9.29. The first-order chi connectivity index (χ1) is 12.8. The molecular weight excluding hydrogens is 328 g/mol. The van der Waals surface area contributed by atoms with Crippen LogP contribution < -0.4 is 4.74 Å². The number of pyridine rings is 1. The molecule has 2 atom stereocenters. The smallest absolute Gasteiger partial charge is 0.249 e. The van der Waals surface area contributed by atoms with Crippen LogP contribution in [-0.2, 0) is 16.1 Å². The molecule has 2 fully saturated rings. The van der Waals surface area contributed by atoms with Crippen molar-refractivity contribution in [1.82, 2.24) is 9.88 Å². The minimum atomic E-state index is 0.0968. The van der Waals surface area contributed by atoms with Gasteiger partial charge in [-0.3, -0.25) is 9.78 Å². The van der Waals surface area contributed by atoms with Gasteiger partial charge in [0.25, 0.3) is 0 Å². The summed E-state index contributed by atoms with van der Waals surface area (Å²) in [7, 11) is 0. The summed E-state index contributed by atoms with van der Waals surface area (Å²) in [6.45, 7) is 0.550. The number of nitrogens with zero attached hydrogens (tertiary/aromatic N) is 2. The number of ether oxygens (including phenoxy) is 2. The lowest BCUT2D eigenvalue weighted by atomic mass is 9.99. The number of carbonyl (C=O) groups is 1. The zero-order valence-corrected chi connectivity index (χ0v) is 14.8. The number of fused-ring (bicyclic) bond motifs is 2. The number of hydrogen-bond donors (Lipinski definition) is 0. The lowest BCUT2D eigenvalue weighted by Gasteiger charge is -2.38. The van der Waals surface area contributed by atoms with Crippen molar-refractivity contribution in [3.63, 3.8) is 0 Å². The molecular formula is C21H24N2O3. The van der Waals surface area contributed by atoms with Gasteiger partial charge in [0.1, 0.15) is 18.5 Å². The van der Waals surface area contributed by atoms with Crippen LogP contribution in [0.5, 0.6) is 5.75 Å². The third-order valence-corrected chi connectivity index (χ3v) is 5.24. The van der Waals surface area contributed by atoms with Gasteiger partial charge >= 0.3 is 0 Å². The Kier molecular flexibility index (Phi) is 5.16. The number of carbonyl (C=O) groups excluding carboxylic acids is 1. The molecule has 1 amide bonds. The molecule has 26 heavy (non-hydrogen) atoms. The second-order valence-electron chi connectivity index (χ2n) is 7.06. The normalized spacial score (nSPS) is 24.5. The van der Waals surface area contributed by atoms with Crippen LogP contribution in [0.4, 0.5) is 0 Å². The van der Waals surface area contributed by atoms with E-state index in [0.717, 1.165) is 37.0 Å². The van der Waals surface area contributed by atoms with Crippen LogP contribution in [0.2, 0.25) is 0 Å². The molecule has 0 N–H and O–H groups in total. The first-order valence-corrected chi connectivity index (χ1v) is 9.29. The van der Waals surface area contributed by atoms with Gasteiger partial charge in [-0.1, -0.05) is 24.3 Å². The van der Waals surface area contributed by atoms with Crippen LogP contribution in [0.3, 0.4) is 0 Å². The van der Waals surface area contributed by atoms with Crippen LogP contribution in [-0.4, -0.2) is 40.6 Å². The van der Waals surface area contributed by atoms with E-state index in [1.54, 1.807) is 12.4 Å². The Morgan fingerprint density at radius 2 is 1.85 bits per heavy atom. The lowest BCUT2D eigenvalue weighted by Crippen LogP contribution is -2.50. The van der Waals surface area contributed by atoms with Gasteiger partial charge in [0.15, 0.2) is 0 Å². The summed E-state index contributed by atoms with van der Waals surface area (Å²) >= 11 is 0. The van der Waals surface area contributed by atoms with Gasteiger partial charge in [-0.2, -0.15) is 0 Å². The molecule has 5 nitrogen and oxygen atoms in total. The van der Waals surface area contributed by atoms with Crippen LogP contribution in [0, 0.1) is 0 Å². The molecule has 136 valence electrons. The van der Waals surface area contributed by atoms with E-state index < -0.39 is 0 Å². The predicted molar refractivity (Wildman–Crippen MR) is 97.6 cm³/mol. The molecule has 1 aromatic carbocycles. The zero-order chi connectivity index (χ0) is 17.8. The molecule has 2 bridgehead atoms. The van der Waals surface area contributed by atoms with Gasteiger partial charge in [-0.25, -0.2) is 0 Å². The SMILES string of the molecule is O=C(COCc1cccnc1)N1C2CCC1CC(Oc1ccccc1)C2. The van der Waals surface area contributed by atoms with Crippen LogP contribution in [0.15, 0.2) is 54.9 Å². The van der Waals surface area contributed by atoms with E-state index >= 15 is 0 Å². The van der Waals surface area contributed by atoms with Gasteiger partial charge in [0.2, 0.25) is 5.91 Å². The maximum atomic E-state index is 12.7. The first kappa shape index (κ1) is 17.0. The Hall–Kier alpha value is -2.40. The molecule has 2 aliphatic heterocycles. The lowest BCUT2D eigenvalue weighted by molar-refractivity contribution is -0.142. The van der Waals surface area contributed by atoms with Crippen molar-refractivity contribution in [2.24, 2.45) is 0 Å². The minimum Gasteiger partial charge on any atom is -0.490 e. The Labute approximate surface area is 153 Å². The monoisotopic (exact) mass is 352 g/mol. The third kappa shape index (κ3) is 3.88. The van der Waals surface area contributed by atoms with Crippen molar-refractivity contribution in [2.75, 3.05) is 6.61 Å². The molecule has 0 aliphatic carbocycles. The topological polar surface area (TPSA) is 51.7 Å². The summed E-state index contributed by atoms with van der Waals surface area (Å²) in [5, 5.41) is 0. The van der Waals surface area contributed by atoms with Crippen LogP contribution >= 0.6 is 0 Å². The van der Waals surface area contributed by atoms with Gasteiger partial charge in [-0.05, 0) is 36.6 Å². The fourth-order valence-corrected chi connectivity index (χ4v) is 4.14. The molecule has 4 rings (SSSR count). The number of amides is 1. The van der Waals surface area contributed by atoms with Gasteiger partial charge in [0.05, 0.1) is 6.61 Å². The van der Waals surface area contributed by atoms with E-state index in [0.29, 0.717) is 6.61 Å². The summed E-state index contributed by atoms with van der Waals surface area (Å²) in [4.78, 5) is 18.8. The Balaban J connectivity index is 1.29. The number of aromatic nitrogens is 1. The predicted octanol–water partition coefficient (Wildman–Crippen LogP) is 3.20. The fourth-order valence-electron chi connectivity index (χ4n) is 4.14. The average Bonchev–Trinajstić information content (AvgIpc) is 2.94. The van der Waals surface area contributed by atoms with E-state index in [2.05, 4.69) is 4.98 Å². The van der Waals surface area contributed by atoms with E-state index in [4.69, 9.17) is 9.47 Å². The number of hydrogen-bond acceptors (Lipinski definition) is 4. The summed E-state index contributed by atoms with van der Waals surface area (Å²) in [5.74, 6) is 1.01. The summed E-state index contributed by atoms with van der Waals surface area (Å²) in [6, 6.07) is 14.3. The molecule has 2 saturated heterocycles. The molecule has 5 heteroatoms. The standard InChI is InChI=1S/C21H24N2O3/c24-21(15-25-14-16-5-4-10-22-13-16)23-17-8-9-18(23)12-20(11-17)26-19-6-2-1-3-7-19/h1-7,10,13,17-18,20H,8-9,11-12,14-15H2. The van der Waals surface area contributed by atoms with Crippen molar-refractivity contribution >= 4 is 5.91 Å². The van der Waals surface area contributed by atoms with Gasteiger partial charge in [0, 0.05) is 37.3 Å². The number of piperidine rings is 1. The van der Waals surface area contributed by atoms with E-state index in [-0.39, 0.29) is 30.7 Å². The van der Waals surface area contributed by atoms with Crippen molar-refractivity contribution < 1.29 is 14.3 Å². The molecule has 0 saturated carbocycles. The highest BCUT2D eigenvalue weighted by molar-refractivity contribution is 5.78.